The molecule has 7 nitrogen and oxygen atoms in total. The second kappa shape index (κ2) is 10.1. The van der Waals surface area contributed by atoms with Gasteiger partial charge in [0.05, 0.1) is 27.5 Å². The number of hydrogen-bond donors (Lipinski definition) is 3. The van der Waals surface area contributed by atoms with Crippen molar-refractivity contribution in [3.05, 3.63) is 81.5 Å². The second-order valence-electron chi connectivity index (χ2n) is 6.96. The standard InChI is InChI=1S/C22H15Cl2F3N4O3/c1-11-2-5-14(17(8-11)30-21(34)22(25,26)27)19(32)29-16-6-3-12(23)9-15(16)20(33)31-18-7-4-13(24)10-28-18/h2-10H,1H3,(H,29,32)(H,30,34)(H,28,31,33). The average Bonchev–Trinajstić information content (AvgIpc) is 2.76. The van der Waals surface area contributed by atoms with Crippen molar-refractivity contribution in [3.63, 3.8) is 0 Å². The Morgan fingerprint density at radius 3 is 2.12 bits per heavy atom. The highest BCUT2D eigenvalue weighted by Crippen LogP contribution is 2.26. The molecule has 3 N–H and O–H groups in total. The van der Waals surface area contributed by atoms with Crippen molar-refractivity contribution >= 4 is 58.1 Å². The van der Waals surface area contributed by atoms with Crippen LogP contribution in [0, 0.1) is 6.92 Å². The molecule has 3 amide bonds. The predicted molar refractivity (Wildman–Crippen MR) is 122 cm³/mol. The third-order valence-corrected chi connectivity index (χ3v) is 4.83. The Labute approximate surface area is 201 Å². The Hall–Kier alpha value is -3.63. The largest absolute Gasteiger partial charge is 0.471 e. The number of rotatable bonds is 5. The lowest BCUT2D eigenvalue weighted by Crippen LogP contribution is -2.31. The van der Waals surface area contributed by atoms with Crippen LogP contribution in [0.15, 0.2) is 54.7 Å². The zero-order valence-corrected chi connectivity index (χ0v) is 18.8. The number of alkyl halides is 3. The fourth-order valence-electron chi connectivity index (χ4n) is 2.79. The second-order valence-corrected chi connectivity index (χ2v) is 7.83. The van der Waals surface area contributed by atoms with Crippen LogP contribution in [0.5, 0.6) is 0 Å². The van der Waals surface area contributed by atoms with Crippen LogP contribution >= 0.6 is 23.2 Å². The number of nitrogens with zero attached hydrogens (tertiary/aromatic N) is 1. The summed E-state index contributed by atoms with van der Waals surface area (Å²) in [5.41, 5.74) is -0.0924. The summed E-state index contributed by atoms with van der Waals surface area (Å²) in [5.74, 6) is -3.57. The molecule has 176 valence electrons. The van der Waals surface area contributed by atoms with Gasteiger partial charge in [0.25, 0.3) is 11.8 Å². The predicted octanol–water partition coefficient (Wildman–Crippen LogP) is 5.70. The van der Waals surface area contributed by atoms with Gasteiger partial charge in [0.15, 0.2) is 0 Å². The third kappa shape index (κ3) is 6.24. The fourth-order valence-corrected chi connectivity index (χ4v) is 3.07. The Morgan fingerprint density at radius 2 is 1.47 bits per heavy atom. The SMILES string of the molecule is Cc1ccc(C(=O)Nc2ccc(Cl)cc2C(=O)Nc2ccc(Cl)cn2)c(NC(=O)C(F)(F)F)c1. The highest BCUT2D eigenvalue weighted by Gasteiger charge is 2.39. The van der Waals surface area contributed by atoms with E-state index in [-0.39, 0.29) is 33.3 Å². The topological polar surface area (TPSA) is 100 Å². The first-order valence-corrected chi connectivity index (χ1v) is 10.2. The summed E-state index contributed by atoms with van der Waals surface area (Å²) in [6.07, 6.45) is -3.82. The molecule has 0 saturated carbocycles. The molecule has 0 saturated heterocycles. The van der Waals surface area contributed by atoms with Gasteiger partial charge in [-0.2, -0.15) is 13.2 Å². The van der Waals surface area contributed by atoms with Crippen molar-refractivity contribution in [2.75, 3.05) is 16.0 Å². The number of nitrogens with one attached hydrogen (secondary N) is 3. The molecule has 2 aromatic carbocycles. The minimum Gasteiger partial charge on any atom is -0.321 e. The quantitative estimate of drug-likeness (QED) is 0.409. The van der Waals surface area contributed by atoms with E-state index in [4.69, 9.17) is 23.2 Å². The first-order chi connectivity index (χ1) is 15.9. The molecule has 34 heavy (non-hydrogen) atoms. The van der Waals surface area contributed by atoms with E-state index in [0.717, 1.165) is 0 Å². The Balaban J connectivity index is 1.89. The molecule has 0 aliphatic rings. The summed E-state index contributed by atoms with van der Waals surface area (Å²) in [6, 6.07) is 11.0. The molecule has 0 atom stereocenters. The minimum atomic E-state index is -5.14. The molecule has 0 bridgehead atoms. The average molecular weight is 511 g/mol. The lowest BCUT2D eigenvalue weighted by Gasteiger charge is -2.15. The van der Waals surface area contributed by atoms with E-state index in [9.17, 15) is 27.6 Å². The van der Waals surface area contributed by atoms with Crippen LogP contribution in [0.4, 0.5) is 30.4 Å². The van der Waals surface area contributed by atoms with Crippen LogP contribution in [0.25, 0.3) is 0 Å². The molecule has 1 heterocycles. The van der Waals surface area contributed by atoms with Crippen LogP contribution in [-0.4, -0.2) is 28.9 Å². The number of carbonyl (C=O) groups is 3. The number of halogens is 5. The Morgan fingerprint density at radius 1 is 0.794 bits per heavy atom. The van der Waals surface area contributed by atoms with Gasteiger partial charge in [-0.15, -0.1) is 0 Å². The van der Waals surface area contributed by atoms with Gasteiger partial charge >= 0.3 is 12.1 Å². The van der Waals surface area contributed by atoms with Gasteiger partial charge in [-0.3, -0.25) is 14.4 Å². The molecule has 1 aromatic heterocycles. The van der Waals surface area contributed by atoms with Crippen molar-refractivity contribution in [1.29, 1.82) is 0 Å². The maximum absolute atomic E-state index is 12.9. The van der Waals surface area contributed by atoms with Crippen LogP contribution in [0.1, 0.15) is 26.3 Å². The molecule has 3 rings (SSSR count). The minimum absolute atomic E-state index is 0.0227. The number of carbonyl (C=O) groups excluding carboxylic acids is 3. The van der Waals surface area contributed by atoms with Crippen molar-refractivity contribution in [1.82, 2.24) is 4.98 Å². The molecule has 0 aliphatic heterocycles. The molecule has 0 unspecified atom stereocenters. The maximum atomic E-state index is 12.9. The Kier molecular flexibility index (Phi) is 7.43. The number of anilines is 3. The number of pyridine rings is 1. The van der Waals surface area contributed by atoms with E-state index in [1.165, 1.54) is 54.7 Å². The summed E-state index contributed by atoms with van der Waals surface area (Å²) < 4.78 is 38.1. The number of aryl methyl sites for hydroxylation is 1. The van der Waals surface area contributed by atoms with E-state index in [1.807, 2.05) is 0 Å². The smallest absolute Gasteiger partial charge is 0.321 e. The Bertz CT molecular complexity index is 1270. The van der Waals surface area contributed by atoms with Crippen LogP contribution in [0.3, 0.4) is 0 Å². The van der Waals surface area contributed by atoms with Gasteiger partial charge in [-0.05, 0) is 55.0 Å². The zero-order chi connectivity index (χ0) is 25.0. The van der Waals surface area contributed by atoms with Crippen LogP contribution in [-0.2, 0) is 4.79 Å². The van der Waals surface area contributed by atoms with E-state index >= 15 is 0 Å². The van der Waals surface area contributed by atoms with Gasteiger partial charge in [0, 0.05) is 11.2 Å². The summed E-state index contributed by atoms with van der Waals surface area (Å²) in [4.78, 5) is 41.0. The lowest BCUT2D eigenvalue weighted by atomic mass is 10.1. The van der Waals surface area contributed by atoms with Crippen LogP contribution in [0.2, 0.25) is 10.0 Å². The fraction of sp³-hybridized carbons (Fsp3) is 0.0909. The van der Waals surface area contributed by atoms with Crippen molar-refractivity contribution in [2.45, 2.75) is 13.1 Å². The molecule has 0 aliphatic carbocycles. The van der Waals surface area contributed by atoms with E-state index in [2.05, 4.69) is 15.6 Å². The molecule has 0 radical (unpaired) electrons. The number of aromatic nitrogens is 1. The lowest BCUT2D eigenvalue weighted by molar-refractivity contribution is -0.167. The number of amides is 3. The van der Waals surface area contributed by atoms with Crippen molar-refractivity contribution in [2.24, 2.45) is 0 Å². The van der Waals surface area contributed by atoms with Gasteiger partial charge < -0.3 is 16.0 Å². The van der Waals surface area contributed by atoms with E-state index in [1.54, 1.807) is 12.2 Å². The van der Waals surface area contributed by atoms with Gasteiger partial charge in [-0.25, -0.2) is 4.98 Å². The highest BCUT2D eigenvalue weighted by atomic mass is 35.5. The monoisotopic (exact) mass is 510 g/mol. The molecule has 0 fully saturated rings. The van der Waals surface area contributed by atoms with E-state index in [0.29, 0.717) is 10.6 Å². The van der Waals surface area contributed by atoms with Gasteiger partial charge in [0.1, 0.15) is 5.82 Å². The molecule has 0 spiro atoms. The normalized spacial score (nSPS) is 11.0. The number of benzene rings is 2. The summed E-state index contributed by atoms with van der Waals surface area (Å²) in [7, 11) is 0. The molecule has 3 aromatic rings. The van der Waals surface area contributed by atoms with Gasteiger partial charge in [-0.1, -0.05) is 29.3 Å². The number of hydrogen-bond acceptors (Lipinski definition) is 4. The summed E-state index contributed by atoms with van der Waals surface area (Å²) >= 11 is 11.8. The van der Waals surface area contributed by atoms with Gasteiger partial charge in [0.2, 0.25) is 0 Å². The van der Waals surface area contributed by atoms with Crippen molar-refractivity contribution in [3.8, 4) is 0 Å². The maximum Gasteiger partial charge on any atom is 0.471 e. The molecular formula is C22H15Cl2F3N4O3. The summed E-state index contributed by atoms with van der Waals surface area (Å²) in [6.45, 7) is 1.58. The van der Waals surface area contributed by atoms with E-state index < -0.39 is 23.9 Å². The first-order valence-electron chi connectivity index (χ1n) is 9.46. The third-order valence-electron chi connectivity index (χ3n) is 4.37. The highest BCUT2D eigenvalue weighted by molar-refractivity contribution is 6.31. The van der Waals surface area contributed by atoms with Crippen molar-refractivity contribution < 1.29 is 27.6 Å². The summed E-state index contributed by atoms with van der Waals surface area (Å²) in [5, 5.41) is 7.25. The molecule has 12 heteroatoms. The molecular weight excluding hydrogens is 496 g/mol. The van der Waals surface area contributed by atoms with Crippen LogP contribution < -0.4 is 16.0 Å². The zero-order valence-electron chi connectivity index (χ0n) is 17.3. The first kappa shape index (κ1) is 25.0.